The number of nitrogens with zero attached hydrogens (tertiary/aromatic N) is 4. The fourth-order valence-corrected chi connectivity index (χ4v) is 6.34. The van der Waals surface area contributed by atoms with E-state index < -0.39 is 17.7 Å². The number of carbonyl (C=O) groups is 2. The minimum absolute atomic E-state index is 0.0251. The molecule has 5 heterocycles. The van der Waals surface area contributed by atoms with Crippen LogP contribution in [0.25, 0.3) is 20.8 Å². The fraction of sp³-hybridized carbons (Fsp3) is 0.500. The van der Waals surface area contributed by atoms with Gasteiger partial charge in [-0.25, -0.2) is 19.6 Å². The molecule has 6 rings (SSSR count). The number of anilines is 1. The lowest BCUT2D eigenvalue weighted by molar-refractivity contribution is -0.216. The van der Waals surface area contributed by atoms with Gasteiger partial charge in [0.05, 0.1) is 23.4 Å². The van der Waals surface area contributed by atoms with Crippen LogP contribution in [0.2, 0.25) is 0 Å². The van der Waals surface area contributed by atoms with Gasteiger partial charge in [-0.3, -0.25) is 4.90 Å². The normalized spacial score (nSPS) is 19.5. The number of hydrogen-bond acceptors (Lipinski definition) is 10. The van der Waals surface area contributed by atoms with Gasteiger partial charge < -0.3 is 19.1 Å². The smallest absolute Gasteiger partial charge is 0.459 e. The van der Waals surface area contributed by atoms with E-state index in [-0.39, 0.29) is 36.1 Å². The quantitative estimate of drug-likeness (QED) is 0.388. The molecule has 2 aromatic heterocycles. The topological polar surface area (TPSA) is 94.1 Å². The van der Waals surface area contributed by atoms with Gasteiger partial charge in [-0.1, -0.05) is 11.3 Å². The summed E-state index contributed by atoms with van der Waals surface area (Å²) in [5, 5.41) is 3.15. The molecule has 0 aliphatic carbocycles. The summed E-state index contributed by atoms with van der Waals surface area (Å²) in [6, 6.07) is 2.96. The number of rotatable bonds is 6. The summed E-state index contributed by atoms with van der Waals surface area (Å²) < 4.78 is 44.4. The molecule has 2 bridgehead atoms. The molecule has 13 heteroatoms. The molecule has 3 aliphatic heterocycles. The van der Waals surface area contributed by atoms with Crippen molar-refractivity contribution < 1.29 is 32.6 Å². The predicted molar refractivity (Wildman–Crippen MR) is 135 cm³/mol. The lowest BCUT2D eigenvalue weighted by Crippen LogP contribution is -2.70. The van der Waals surface area contributed by atoms with E-state index in [0.717, 1.165) is 12.0 Å². The highest BCUT2D eigenvalue weighted by atomic mass is 32.1. The average Bonchev–Trinajstić information content (AvgIpc) is 3.49. The largest absolute Gasteiger partial charge is 0.502 e. The van der Waals surface area contributed by atoms with Crippen molar-refractivity contribution >= 4 is 50.1 Å². The van der Waals surface area contributed by atoms with Crippen LogP contribution < -0.4 is 9.64 Å². The van der Waals surface area contributed by atoms with E-state index in [1.165, 1.54) is 35.7 Å². The number of thiazole rings is 2. The van der Waals surface area contributed by atoms with Gasteiger partial charge in [0.1, 0.15) is 16.1 Å². The maximum absolute atomic E-state index is 14.5. The van der Waals surface area contributed by atoms with Gasteiger partial charge in [0.15, 0.2) is 10.9 Å². The number of ether oxygens (including phenoxy) is 3. The molecule has 2 unspecified atom stereocenters. The predicted octanol–water partition coefficient (Wildman–Crippen LogP) is 5.15. The number of esters is 1. The minimum Gasteiger partial charge on any atom is -0.459 e. The van der Waals surface area contributed by atoms with Crippen LogP contribution in [0, 0.1) is 0 Å². The highest BCUT2D eigenvalue weighted by molar-refractivity contribution is 7.23. The molecule has 37 heavy (non-hydrogen) atoms. The molecule has 3 saturated heterocycles. The Hall–Kier alpha value is -3.06. The number of amides is 1. The van der Waals surface area contributed by atoms with Crippen LogP contribution in [0.5, 0.6) is 5.75 Å². The Balaban J connectivity index is 1.45. The van der Waals surface area contributed by atoms with E-state index in [1.807, 2.05) is 31.1 Å². The second kappa shape index (κ2) is 9.35. The Labute approximate surface area is 220 Å². The second-order valence-electron chi connectivity index (χ2n) is 9.80. The first-order chi connectivity index (χ1) is 17.5. The summed E-state index contributed by atoms with van der Waals surface area (Å²) in [5.74, 6) is -1.99. The Morgan fingerprint density at radius 1 is 1.19 bits per heavy atom. The number of hydrogen-bond donors (Lipinski definition) is 0. The molecule has 2 atom stereocenters. The van der Waals surface area contributed by atoms with Crippen molar-refractivity contribution in [1.82, 2.24) is 14.9 Å². The van der Waals surface area contributed by atoms with Crippen molar-refractivity contribution in [3.05, 3.63) is 23.7 Å². The summed E-state index contributed by atoms with van der Waals surface area (Å²) in [5.41, 5.74) is 0.361. The number of piperidine rings is 1. The number of aromatic nitrogens is 2. The Morgan fingerprint density at radius 2 is 1.92 bits per heavy atom. The van der Waals surface area contributed by atoms with Crippen molar-refractivity contribution in [3.8, 4) is 16.3 Å². The number of carbonyl (C=O) groups excluding carboxylic acids is 2. The summed E-state index contributed by atoms with van der Waals surface area (Å²) in [6.07, 6.45) is -1.97. The second-order valence-corrected chi connectivity index (χ2v) is 11.7. The number of piperazine rings is 1. The molecule has 0 radical (unpaired) electrons. The van der Waals surface area contributed by atoms with E-state index in [2.05, 4.69) is 14.7 Å². The van der Waals surface area contributed by atoms with Gasteiger partial charge in [0.2, 0.25) is 0 Å². The molecule has 0 spiro atoms. The van der Waals surface area contributed by atoms with Crippen LogP contribution >= 0.6 is 22.7 Å². The van der Waals surface area contributed by atoms with E-state index >= 15 is 0 Å². The third-order valence-electron chi connectivity index (χ3n) is 5.98. The molecule has 198 valence electrons. The van der Waals surface area contributed by atoms with Crippen LogP contribution in [0.1, 0.15) is 34.1 Å². The summed E-state index contributed by atoms with van der Waals surface area (Å²) in [6.45, 7) is 7.81. The molecular formula is C24H26F2N4O5S2. The SMILES string of the molecule is CCOC(=O)C(F)(F)Oc1ccc(-c2nccs2)c2sc(N3CC4CC(C3)N4C(=O)OC(C)(C)C)nc12. The van der Waals surface area contributed by atoms with E-state index in [0.29, 0.717) is 27.9 Å². The highest BCUT2D eigenvalue weighted by Gasteiger charge is 2.49. The number of alkyl halides is 2. The van der Waals surface area contributed by atoms with Gasteiger partial charge >= 0.3 is 18.2 Å². The summed E-state index contributed by atoms with van der Waals surface area (Å²) in [4.78, 5) is 37.2. The first-order valence-corrected chi connectivity index (χ1v) is 13.5. The number of benzene rings is 1. The first kappa shape index (κ1) is 25.6. The zero-order chi connectivity index (χ0) is 26.5. The van der Waals surface area contributed by atoms with Crippen molar-refractivity contribution in [2.45, 2.75) is 57.9 Å². The monoisotopic (exact) mass is 552 g/mol. The zero-order valence-corrected chi connectivity index (χ0v) is 22.3. The summed E-state index contributed by atoms with van der Waals surface area (Å²) in [7, 11) is 0. The standard InChI is InChI=1S/C24H26F2N4O5S2/c1-5-33-20(31)24(25,26)34-16-7-6-15(19-27-8-9-36-19)18-17(16)28-21(37-18)29-11-13-10-14(12-29)30(13)22(32)35-23(2,3)4/h6-9,13-14H,5,10-12H2,1-4H3. The number of fused-ring (bicyclic) bond motifs is 3. The van der Waals surface area contributed by atoms with Crippen LogP contribution in [0.4, 0.5) is 18.7 Å². The molecule has 0 N–H and O–H groups in total. The third kappa shape index (κ3) is 4.93. The molecule has 3 aromatic rings. The van der Waals surface area contributed by atoms with Crippen molar-refractivity contribution in [2.24, 2.45) is 0 Å². The molecule has 9 nitrogen and oxygen atoms in total. The minimum atomic E-state index is -4.17. The van der Waals surface area contributed by atoms with E-state index in [4.69, 9.17) is 9.47 Å². The summed E-state index contributed by atoms with van der Waals surface area (Å²) >= 11 is 2.75. The maximum atomic E-state index is 14.5. The van der Waals surface area contributed by atoms with Gasteiger partial charge in [-0.15, -0.1) is 11.3 Å². The highest BCUT2D eigenvalue weighted by Crippen LogP contribution is 2.44. The lowest BCUT2D eigenvalue weighted by Gasteiger charge is -2.55. The van der Waals surface area contributed by atoms with Crippen molar-refractivity contribution in [3.63, 3.8) is 0 Å². The van der Waals surface area contributed by atoms with Crippen molar-refractivity contribution in [2.75, 3.05) is 24.6 Å². The first-order valence-electron chi connectivity index (χ1n) is 11.8. The molecule has 3 aliphatic rings. The lowest BCUT2D eigenvalue weighted by atomic mass is 9.88. The van der Waals surface area contributed by atoms with Gasteiger partial charge in [-0.2, -0.15) is 8.78 Å². The number of halogens is 2. The van der Waals surface area contributed by atoms with Crippen LogP contribution in [0.15, 0.2) is 23.7 Å². The Bertz CT molecular complexity index is 1310. The fourth-order valence-electron chi connectivity index (χ4n) is 4.49. The molecule has 1 aromatic carbocycles. The van der Waals surface area contributed by atoms with Gasteiger partial charge in [0, 0.05) is 30.2 Å². The van der Waals surface area contributed by atoms with Gasteiger partial charge in [0.25, 0.3) is 0 Å². The van der Waals surface area contributed by atoms with Gasteiger partial charge in [-0.05, 0) is 46.2 Å². The zero-order valence-electron chi connectivity index (χ0n) is 20.7. The molecule has 1 amide bonds. The van der Waals surface area contributed by atoms with Crippen LogP contribution in [0.3, 0.4) is 0 Å². The maximum Gasteiger partial charge on any atom is 0.502 e. The Morgan fingerprint density at radius 3 is 2.54 bits per heavy atom. The van der Waals surface area contributed by atoms with E-state index in [1.54, 1.807) is 17.2 Å². The molecule has 0 saturated carbocycles. The molecular weight excluding hydrogens is 526 g/mol. The Kier molecular flexibility index (Phi) is 6.47. The third-order valence-corrected chi connectivity index (χ3v) is 7.93. The average molecular weight is 553 g/mol. The van der Waals surface area contributed by atoms with Crippen molar-refractivity contribution in [1.29, 1.82) is 0 Å². The molecule has 3 fully saturated rings. The van der Waals surface area contributed by atoms with Crippen LogP contribution in [-0.4, -0.2) is 70.4 Å². The van der Waals surface area contributed by atoms with E-state index in [9.17, 15) is 18.4 Å². The van der Waals surface area contributed by atoms with Crippen LogP contribution in [-0.2, 0) is 14.3 Å².